The molecule has 0 unspecified atom stereocenters. The second kappa shape index (κ2) is 8.36. The smallest absolute Gasteiger partial charge is 0.226 e. The van der Waals surface area contributed by atoms with Crippen LogP contribution in [0, 0.1) is 5.92 Å². The molecule has 0 bridgehead atoms. The van der Waals surface area contributed by atoms with Crippen LogP contribution in [0.15, 0.2) is 43.0 Å². The zero-order valence-corrected chi connectivity index (χ0v) is 15.5. The van der Waals surface area contributed by atoms with E-state index in [1.165, 1.54) is 0 Å². The van der Waals surface area contributed by atoms with E-state index < -0.39 is 5.92 Å². The highest BCUT2D eigenvalue weighted by molar-refractivity contribution is 6.31. The number of hydrogen-bond acceptors (Lipinski definition) is 3. The largest absolute Gasteiger partial charge is 0.356 e. The quantitative estimate of drug-likeness (QED) is 0.757. The van der Waals surface area contributed by atoms with E-state index in [-0.39, 0.29) is 24.3 Å². The molecule has 2 aromatic rings. The third kappa shape index (κ3) is 3.90. The topological polar surface area (TPSA) is 67.2 Å². The molecule has 3 rings (SSSR count). The van der Waals surface area contributed by atoms with Crippen molar-refractivity contribution in [1.29, 1.82) is 0 Å². The van der Waals surface area contributed by atoms with Crippen LogP contribution in [0.1, 0.15) is 31.4 Å². The van der Waals surface area contributed by atoms with Gasteiger partial charge in [-0.15, -0.1) is 0 Å². The first-order chi connectivity index (χ1) is 12.6. The minimum atomic E-state index is -0.421. The van der Waals surface area contributed by atoms with Crippen LogP contribution < -0.4 is 5.32 Å². The highest BCUT2D eigenvalue weighted by Gasteiger charge is 2.44. The molecule has 2 heterocycles. The van der Waals surface area contributed by atoms with Gasteiger partial charge in [-0.05, 0) is 25.0 Å². The maximum absolute atomic E-state index is 12.8. The lowest BCUT2D eigenvalue weighted by Crippen LogP contribution is -2.36. The molecule has 0 spiro atoms. The molecule has 138 valence electrons. The number of nitrogens with zero attached hydrogens (tertiary/aromatic N) is 3. The second-order valence-corrected chi connectivity index (χ2v) is 6.81. The van der Waals surface area contributed by atoms with Gasteiger partial charge in [-0.25, -0.2) is 4.98 Å². The number of aryl methyl sites for hydroxylation is 1. The number of imidazole rings is 1. The molecule has 2 atom stereocenters. The van der Waals surface area contributed by atoms with Gasteiger partial charge in [-0.3, -0.25) is 9.59 Å². The van der Waals surface area contributed by atoms with Crippen LogP contribution in [0.4, 0.5) is 0 Å². The van der Waals surface area contributed by atoms with E-state index in [4.69, 9.17) is 11.6 Å². The van der Waals surface area contributed by atoms with E-state index in [1.807, 2.05) is 35.9 Å². The third-order valence-electron chi connectivity index (χ3n) is 4.78. The van der Waals surface area contributed by atoms with E-state index in [0.29, 0.717) is 18.1 Å². The summed E-state index contributed by atoms with van der Waals surface area (Å²) in [4.78, 5) is 30.9. The molecule has 0 aliphatic carbocycles. The van der Waals surface area contributed by atoms with E-state index in [1.54, 1.807) is 23.5 Å². The summed E-state index contributed by atoms with van der Waals surface area (Å²) in [6.45, 7) is 3.83. The molecule has 1 aliphatic rings. The maximum atomic E-state index is 12.8. The summed E-state index contributed by atoms with van der Waals surface area (Å²) in [5, 5.41) is 3.56. The predicted octanol–water partition coefficient (Wildman–Crippen LogP) is 2.65. The van der Waals surface area contributed by atoms with Gasteiger partial charge in [-0.2, -0.15) is 0 Å². The Balaban J connectivity index is 1.67. The number of likely N-dealkylation sites (tertiary alicyclic amines) is 1. The fourth-order valence-corrected chi connectivity index (χ4v) is 3.77. The molecule has 6 nitrogen and oxygen atoms in total. The van der Waals surface area contributed by atoms with E-state index in [2.05, 4.69) is 10.3 Å². The zero-order valence-electron chi connectivity index (χ0n) is 14.8. The van der Waals surface area contributed by atoms with Crippen molar-refractivity contribution in [2.75, 3.05) is 13.1 Å². The van der Waals surface area contributed by atoms with Gasteiger partial charge in [0.1, 0.15) is 0 Å². The van der Waals surface area contributed by atoms with E-state index in [9.17, 15) is 9.59 Å². The molecule has 26 heavy (non-hydrogen) atoms. The number of carbonyl (C=O) groups is 2. The van der Waals surface area contributed by atoms with Crippen LogP contribution in [-0.4, -0.2) is 39.4 Å². The van der Waals surface area contributed by atoms with Gasteiger partial charge < -0.3 is 14.8 Å². The zero-order chi connectivity index (χ0) is 18.5. The molecule has 1 aromatic carbocycles. The van der Waals surface area contributed by atoms with Crippen molar-refractivity contribution in [1.82, 2.24) is 19.8 Å². The Bertz CT molecular complexity index is 763. The van der Waals surface area contributed by atoms with Crippen molar-refractivity contribution < 1.29 is 9.59 Å². The number of hydrogen-bond donors (Lipinski definition) is 1. The first kappa shape index (κ1) is 18.5. The monoisotopic (exact) mass is 374 g/mol. The van der Waals surface area contributed by atoms with Gasteiger partial charge in [0.25, 0.3) is 0 Å². The van der Waals surface area contributed by atoms with Gasteiger partial charge in [0.15, 0.2) is 0 Å². The molecule has 2 amide bonds. The SMILES string of the molecule is CCN1C(=O)C[C@@H](C(=O)NCCCn2ccnc2)[C@@H]1c1ccccc1Cl. The molecule has 0 saturated carbocycles. The Morgan fingerprint density at radius 1 is 1.38 bits per heavy atom. The lowest BCUT2D eigenvalue weighted by molar-refractivity contribution is -0.129. The summed E-state index contributed by atoms with van der Waals surface area (Å²) in [6.07, 6.45) is 6.40. The van der Waals surface area contributed by atoms with Crippen molar-refractivity contribution in [3.8, 4) is 0 Å². The fourth-order valence-electron chi connectivity index (χ4n) is 3.52. The van der Waals surface area contributed by atoms with Crippen LogP contribution in [0.3, 0.4) is 0 Å². The fraction of sp³-hybridized carbons (Fsp3) is 0.421. The number of carbonyl (C=O) groups excluding carboxylic acids is 2. The highest BCUT2D eigenvalue weighted by Crippen LogP contribution is 2.40. The number of benzene rings is 1. The molecule has 7 heteroatoms. The normalized spacial score (nSPS) is 19.8. The lowest BCUT2D eigenvalue weighted by Gasteiger charge is -2.28. The highest BCUT2D eigenvalue weighted by atomic mass is 35.5. The molecular formula is C19H23ClN4O2. The summed E-state index contributed by atoms with van der Waals surface area (Å²) in [6, 6.07) is 7.12. The summed E-state index contributed by atoms with van der Waals surface area (Å²) in [5.41, 5.74) is 0.834. The van der Waals surface area contributed by atoms with Crippen LogP contribution >= 0.6 is 11.6 Å². The number of halogens is 1. The van der Waals surface area contributed by atoms with Gasteiger partial charge in [-0.1, -0.05) is 29.8 Å². The molecular weight excluding hydrogens is 352 g/mol. The van der Waals surface area contributed by atoms with Crippen molar-refractivity contribution in [2.45, 2.75) is 32.4 Å². The van der Waals surface area contributed by atoms with Crippen LogP contribution in [0.2, 0.25) is 5.02 Å². The predicted molar refractivity (Wildman–Crippen MR) is 99.5 cm³/mol. The van der Waals surface area contributed by atoms with Gasteiger partial charge in [0.05, 0.1) is 18.3 Å². The molecule has 1 aliphatic heterocycles. The first-order valence-electron chi connectivity index (χ1n) is 8.89. The summed E-state index contributed by atoms with van der Waals surface area (Å²) in [5.74, 6) is -0.517. The molecule has 1 N–H and O–H groups in total. The van der Waals surface area contributed by atoms with Crippen LogP contribution in [0.5, 0.6) is 0 Å². The Hall–Kier alpha value is -2.34. The summed E-state index contributed by atoms with van der Waals surface area (Å²) >= 11 is 6.35. The Morgan fingerprint density at radius 3 is 2.88 bits per heavy atom. The maximum Gasteiger partial charge on any atom is 0.226 e. The standard InChI is InChI=1S/C19H23ClN4O2/c1-2-24-17(25)12-15(18(24)14-6-3-4-7-16(14)20)19(26)22-8-5-10-23-11-9-21-13-23/h3-4,6-7,9,11,13,15,18H,2,5,8,10,12H2,1H3,(H,22,26)/t15-,18+/m1/s1. The number of rotatable bonds is 7. The van der Waals surface area contributed by atoms with Gasteiger partial charge in [0.2, 0.25) is 11.8 Å². The Labute approximate surface area is 158 Å². The van der Waals surface area contributed by atoms with Gasteiger partial charge in [0, 0.05) is 43.5 Å². The van der Waals surface area contributed by atoms with Crippen molar-refractivity contribution >= 4 is 23.4 Å². The molecule has 1 aromatic heterocycles. The third-order valence-corrected chi connectivity index (χ3v) is 5.13. The average Bonchev–Trinajstić information content (AvgIpc) is 3.26. The van der Waals surface area contributed by atoms with Crippen LogP contribution in [0.25, 0.3) is 0 Å². The average molecular weight is 375 g/mol. The molecule has 0 radical (unpaired) electrons. The number of amides is 2. The molecule has 1 fully saturated rings. The van der Waals surface area contributed by atoms with E-state index in [0.717, 1.165) is 18.5 Å². The summed E-state index contributed by atoms with van der Waals surface area (Å²) < 4.78 is 1.97. The Kier molecular flexibility index (Phi) is 5.93. The minimum absolute atomic E-state index is 0.00372. The van der Waals surface area contributed by atoms with Crippen molar-refractivity contribution in [2.24, 2.45) is 5.92 Å². The first-order valence-corrected chi connectivity index (χ1v) is 9.27. The number of aromatic nitrogens is 2. The minimum Gasteiger partial charge on any atom is -0.356 e. The summed E-state index contributed by atoms with van der Waals surface area (Å²) in [7, 11) is 0. The van der Waals surface area contributed by atoms with E-state index >= 15 is 0 Å². The van der Waals surface area contributed by atoms with Gasteiger partial charge >= 0.3 is 0 Å². The lowest BCUT2D eigenvalue weighted by atomic mass is 9.92. The molecule has 1 saturated heterocycles. The Morgan fingerprint density at radius 2 is 2.19 bits per heavy atom. The van der Waals surface area contributed by atoms with Crippen molar-refractivity contribution in [3.63, 3.8) is 0 Å². The second-order valence-electron chi connectivity index (χ2n) is 6.40. The van der Waals surface area contributed by atoms with Crippen molar-refractivity contribution in [3.05, 3.63) is 53.6 Å². The number of nitrogens with one attached hydrogen (secondary N) is 1. The van der Waals surface area contributed by atoms with Crippen LogP contribution in [-0.2, 0) is 16.1 Å².